The first-order valence-electron chi connectivity index (χ1n) is 8.82. The van der Waals surface area contributed by atoms with Crippen LogP contribution in [0.4, 0.5) is 4.39 Å². The van der Waals surface area contributed by atoms with E-state index in [9.17, 15) is 9.18 Å². The van der Waals surface area contributed by atoms with Crippen LogP contribution in [-0.4, -0.2) is 28.9 Å². The molecule has 1 aromatic heterocycles. The summed E-state index contributed by atoms with van der Waals surface area (Å²) in [6.45, 7) is 7.24. The van der Waals surface area contributed by atoms with E-state index in [1.54, 1.807) is 18.3 Å². The number of carbonyl (C=O) groups excluding carboxylic acids is 1. The topological polar surface area (TPSA) is 46.3 Å². The van der Waals surface area contributed by atoms with E-state index in [0.717, 1.165) is 19.4 Å². The minimum Gasteiger partial charge on any atom is -0.445 e. The monoisotopic (exact) mass is 344 g/mol. The van der Waals surface area contributed by atoms with Gasteiger partial charge in [0.05, 0.1) is 12.1 Å². The average molecular weight is 344 g/mol. The summed E-state index contributed by atoms with van der Waals surface area (Å²) in [5, 5.41) is 0. The fourth-order valence-corrected chi connectivity index (χ4v) is 3.26. The molecular weight excluding hydrogens is 319 g/mol. The van der Waals surface area contributed by atoms with E-state index >= 15 is 0 Å². The first-order chi connectivity index (χ1) is 11.8. The fourth-order valence-electron chi connectivity index (χ4n) is 3.26. The maximum Gasteiger partial charge on any atom is 0.227 e. The number of oxazole rings is 1. The van der Waals surface area contributed by atoms with Crippen LogP contribution in [0.2, 0.25) is 0 Å². The van der Waals surface area contributed by atoms with Crippen molar-refractivity contribution in [2.24, 2.45) is 5.41 Å². The lowest BCUT2D eigenvalue weighted by Crippen LogP contribution is -2.44. The lowest BCUT2D eigenvalue weighted by atomic mass is 9.91. The molecule has 1 aliphatic heterocycles. The number of likely N-dealkylation sites (tertiary alicyclic amines) is 1. The number of rotatable bonds is 3. The van der Waals surface area contributed by atoms with Gasteiger partial charge in [0.15, 0.2) is 5.89 Å². The quantitative estimate of drug-likeness (QED) is 0.840. The molecule has 0 N–H and O–H groups in total. The van der Waals surface area contributed by atoms with Crippen LogP contribution in [0.1, 0.15) is 56.7 Å². The number of benzene rings is 1. The van der Waals surface area contributed by atoms with Crippen molar-refractivity contribution < 1.29 is 13.6 Å². The van der Waals surface area contributed by atoms with Crippen molar-refractivity contribution in [3.63, 3.8) is 0 Å². The average Bonchev–Trinajstić information content (AvgIpc) is 3.04. The van der Waals surface area contributed by atoms with Gasteiger partial charge in [-0.25, -0.2) is 9.37 Å². The van der Waals surface area contributed by atoms with Crippen LogP contribution in [0.25, 0.3) is 0 Å². The smallest absolute Gasteiger partial charge is 0.227 e. The Hall–Kier alpha value is -2.17. The Morgan fingerprint density at radius 1 is 1.36 bits per heavy atom. The summed E-state index contributed by atoms with van der Waals surface area (Å²) in [6, 6.07) is 6.69. The minimum atomic E-state index is -0.380. The number of aromatic nitrogens is 1. The Labute approximate surface area is 148 Å². The van der Waals surface area contributed by atoms with Gasteiger partial charge in [-0.05, 0) is 24.5 Å². The zero-order valence-corrected chi connectivity index (χ0v) is 15.1. The standard InChI is InChI=1S/C20H25FN2O2/c1-20(2,3)19(24)23-10-6-8-15(13-23)18-22-12-16(25-18)11-14-7-4-5-9-17(14)21/h4-5,7,9,12,15H,6,8,10-11,13H2,1-3H3/t15-/m1/s1. The molecule has 5 heteroatoms. The van der Waals surface area contributed by atoms with E-state index in [-0.39, 0.29) is 23.1 Å². The van der Waals surface area contributed by atoms with Crippen molar-refractivity contribution in [2.45, 2.75) is 46.0 Å². The molecule has 1 saturated heterocycles. The molecule has 134 valence electrons. The van der Waals surface area contributed by atoms with Crippen molar-refractivity contribution in [3.8, 4) is 0 Å². The molecule has 4 nitrogen and oxygen atoms in total. The van der Waals surface area contributed by atoms with Gasteiger partial charge in [-0.2, -0.15) is 0 Å². The molecule has 0 radical (unpaired) electrons. The fraction of sp³-hybridized carbons (Fsp3) is 0.500. The zero-order chi connectivity index (χ0) is 18.0. The highest BCUT2D eigenvalue weighted by atomic mass is 19.1. The SMILES string of the molecule is CC(C)(C)C(=O)N1CCC[C@@H](c2ncc(Cc3ccccc3F)o2)C1. The normalized spacial score (nSPS) is 18.4. The maximum atomic E-state index is 13.8. The van der Waals surface area contributed by atoms with Crippen molar-refractivity contribution >= 4 is 5.91 Å². The minimum absolute atomic E-state index is 0.106. The van der Waals surface area contributed by atoms with Gasteiger partial charge in [0.2, 0.25) is 5.91 Å². The third-order valence-corrected chi connectivity index (χ3v) is 4.59. The Morgan fingerprint density at radius 3 is 2.84 bits per heavy atom. The zero-order valence-electron chi connectivity index (χ0n) is 15.1. The summed E-state index contributed by atoms with van der Waals surface area (Å²) in [4.78, 5) is 18.8. The highest BCUT2D eigenvalue weighted by Crippen LogP contribution is 2.30. The second-order valence-electron chi connectivity index (χ2n) is 7.77. The Bertz CT molecular complexity index is 748. The molecule has 1 aliphatic rings. The Kier molecular flexibility index (Phi) is 4.93. The summed E-state index contributed by atoms with van der Waals surface area (Å²) in [5.74, 6) is 1.34. The highest BCUT2D eigenvalue weighted by molar-refractivity contribution is 5.81. The second kappa shape index (κ2) is 6.98. The molecule has 2 aromatic rings. The van der Waals surface area contributed by atoms with Gasteiger partial charge in [-0.15, -0.1) is 0 Å². The van der Waals surface area contributed by atoms with Crippen LogP contribution in [-0.2, 0) is 11.2 Å². The van der Waals surface area contributed by atoms with E-state index in [1.807, 2.05) is 31.7 Å². The van der Waals surface area contributed by atoms with Crippen molar-refractivity contribution in [3.05, 3.63) is 53.5 Å². The van der Waals surface area contributed by atoms with Crippen molar-refractivity contribution in [1.82, 2.24) is 9.88 Å². The van der Waals surface area contributed by atoms with Crippen LogP contribution in [0.15, 0.2) is 34.9 Å². The molecule has 25 heavy (non-hydrogen) atoms. The van der Waals surface area contributed by atoms with E-state index in [1.165, 1.54) is 6.07 Å². The molecule has 0 aliphatic carbocycles. The third-order valence-electron chi connectivity index (χ3n) is 4.59. The van der Waals surface area contributed by atoms with E-state index < -0.39 is 0 Å². The van der Waals surface area contributed by atoms with Crippen LogP contribution in [0, 0.1) is 11.2 Å². The first kappa shape index (κ1) is 17.6. The van der Waals surface area contributed by atoms with Gasteiger partial charge in [0.1, 0.15) is 11.6 Å². The van der Waals surface area contributed by atoms with Gasteiger partial charge in [0.25, 0.3) is 0 Å². The Balaban J connectivity index is 1.69. The van der Waals surface area contributed by atoms with Gasteiger partial charge in [0, 0.05) is 24.9 Å². The first-order valence-corrected chi connectivity index (χ1v) is 8.82. The third kappa shape index (κ3) is 4.09. The van der Waals surface area contributed by atoms with Crippen LogP contribution < -0.4 is 0 Å². The molecule has 1 amide bonds. The van der Waals surface area contributed by atoms with Crippen molar-refractivity contribution in [1.29, 1.82) is 0 Å². The molecule has 0 spiro atoms. The summed E-state index contributed by atoms with van der Waals surface area (Å²) in [5.41, 5.74) is 0.215. The van der Waals surface area contributed by atoms with E-state index in [0.29, 0.717) is 30.2 Å². The molecule has 1 fully saturated rings. The van der Waals surface area contributed by atoms with Gasteiger partial charge in [-0.1, -0.05) is 39.0 Å². The molecule has 2 heterocycles. The second-order valence-corrected chi connectivity index (χ2v) is 7.77. The molecular formula is C20H25FN2O2. The van der Waals surface area contributed by atoms with Gasteiger partial charge >= 0.3 is 0 Å². The maximum absolute atomic E-state index is 13.8. The predicted molar refractivity (Wildman–Crippen MR) is 93.7 cm³/mol. The number of carbonyl (C=O) groups is 1. The highest BCUT2D eigenvalue weighted by Gasteiger charge is 2.33. The van der Waals surface area contributed by atoms with Gasteiger partial charge in [-0.3, -0.25) is 4.79 Å². The number of amides is 1. The summed E-state index contributed by atoms with van der Waals surface area (Å²) >= 11 is 0. The number of piperidine rings is 1. The molecule has 0 bridgehead atoms. The number of hydrogen-bond donors (Lipinski definition) is 0. The molecule has 1 atom stereocenters. The molecule has 0 unspecified atom stereocenters. The summed E-state index contributed by atoms with van der Waals surface area (Å²) in [7, 11) is 0. The summed E-state index contributed by atoms with van der Waals surface area (Å²) < 4.78 is 19.7. The predicted octanol–water partition coefficient (Wildman–Crippen LogP) is 4.16. The lowest BCUT2D eigenvalue weighted by Gasteiger charge is -2.35. The number of halogens is 1. The summed E-state index contributed by atoms with van der Waals surface area (Å²) in [6.07, 6.45) is 3.95. The van der Waals surface area contributed by atoms with Crippen LogP contribution in [0.5, 0.6) is 0 Å². The number of nitrogens with zero attached hydrogens (tertiary/aromatic N) is 2. The van der Waals surface area contributed by atoms with Crippen molar-refractivity contribution in [2.75, 3.05) is 13.1 Å². The lowest BCUT2D eigenvalue weighted by molar-refractivity contribution is -0.140. The molecule has 1 aromatic carbocycles. The van der Waals surface area contributed by atoms with E-state index in [4.69, 9.17) is 4.42 Å². The largest absolute Gasteiger partial charge is 0.445 e. The molecule has 3 rings (SSSR count). The van der Waals surface area contributed by atoms with Crippen LogP contribution in [0.3, 0.4) is 0 Å². The Morgan fingerprint density at radius 2 is 2.12 bits per heavy atom. The molecule has 0 saturated carbocycles. The van der Waals surface area contributed by atoms with Gasteiger partial charge < -0.3 is 9.32 Å². The van der Waals surface area contributed by atoms with E-state index in [2.05, 4.69) is 4.98 Å². The van der Waals surface area contributed by atoms with Crippen LogP contribution >= 0.6 is 0 Å². The number of hydrogen-bond acceptors (Lipinski definition) is 3.